The monoisotopic (exact) mass is 516 g/mol. The fraction of sp³-hybridized carbons (Fsp3) is 0.100. The van der Waals surface area contributed by atoms with Crippen LogP contribution in [0.5, 0.6) is 0 Å². The summed E-state index contributed by atoms with van der Waals surface area (Å²) in [6, 6.07) is 0. The van der Waals surface area contributed by atoms with Crippen LogP contribution in [0, 0.1) is 53.5 Å². The van der Waals surface area contributed by atoms with Gasteiger partial charge in [0.25, 0.3) is 0 Å². The topological polar surface area (TPSA) is 0 Å². The second-order valence-electron chi connectivity index (χ2n) is 7.03. The minimum absolute atomic E-state index is 0.133. The first-order valence-electron chi connectivity index (χ1n) is 8.65. The first-order chi connectivity index (χ1) is 15.3. The van der Waals surface area contributed by atoms with Gasteiger partial charge in [-0.3, -0.25) is 0 Å². The number of hydrogen-bond acceptors (Lipinski definition) is 2. The zero-order valence-electron chi connectivity index (χ0n) is 15.5. The van der Waals surface area contributed by atoms with Gasteiger partial charge in [-0.25, -0.2) is 35.1 Å². The van der Waals surface area contributed by atoms with Gasteiger partial charge >= 0.3 is 6.18 Å². The molecular formula is C20H3F11S2. The lowest BCUT2D eigenvalue weighted by atomic mass is 10.0. The van der Waals surface area contributed by atoms with Crippen molar-refractivity contribution in [2.75, 3.05) is 0 Å². The summed E-state index contributed by atoms with van der Waals surface area (Å²) in [6.45, 7) is 0.884. The maximum absolute atomic E-state index is 15.4. The molecule has 13 heteroatoms. The van der Waals surface area contributed by atoms with Gasteiger partial charge in [0.05, 0.1) is 18.8 Å². The van der Waals surface area contributed by atoms with Crippen LogP contribution in [0.25, 0.3) is 40.3 Å². The molecule has 0 unspecified atom stereocenters. The minimum atomic E-state index is -5.66. The average molecular weight is 516 g/mol. The highest BCUT2D eigenvalue weighted by molar-refractivity contribution is 7.27. The van der Waals surface area contributed by atoms with E-state index in [9.17, 15) is 39.5 Å². The zero-order valence-corrected chi connectivity index (χ0v) is 17.1. The molecule has 0 spiro atoms. The van der Waals surface area contributed by atoms with Crippen molar-refractivity contribution in [1.29, 1.82) is 0 Å². The highest BCUT2D eigenvalue weighted by Crippen LogP contribution is 2.50. The fourth-order valence-electron chi connectivity index (χ4n) is 3.76. The van der Waals surface area contributed by atoms with Gasteiger partial charge in [0, 0.05) is 27.1 Å². The van der Waals surface area contributed by atoms with Crippen molar-refractivity contribution in [3.63, 3.8) is 0 Å². The van der Waals surface area contributed by atoms with Gasteiger partial charge in [0.15, 0.2) is 40.7 Å². The lowest BCUT2D eigenvalue weighted by Gasteiger charge is -2.10. The summed E-state index contributed by atoms with van der Waals surface area (Å²) in [5, 5.41) is -4.33. The van der Waals surface area contributed by atoms with Crippen molar-refractivity contribution in [3.05, 3.63) is 57.7 Å². The Morgan fingerprint density at radius 2 is 0.818 bits per heavy atom. The van der Waals surface area contributed by atoms with Crippen LogP contribution >= 0.6 is 22.7 Å². The third-order valence-electron chi connectivity index (χ3n) is 5.26. The zero-order chi connectivity index (χ0) is 24.3. The molecule has 0 atom stereocenters. The number of fused-ring (bicyclic) bond motifs is 6. The molecule has 0 nitrogen and oxygen atoms in total. The summed E-state index contributed by atoms with van der Waals surface area (Å²) in [5.41, 5.74) is -3.35. The Balaban J connectivity index is 2.09. The first kappa shape index (κ1) is 22.1. The molecule has 172 valence electrons. The lowest BCUT2D eigenvalue weighted by Crippen LogP contribution is -2.13. The minimum Gasteiger partial charge on any atom is -0.205 e. The van der Waals surface area contributed by atoms with Crippen LogP contribution < -0.4 is 0 Å². The number of halogens is 11. The summed E-state index contributed by atoms with van der Waals surface area (Å²) >= 11 is -0.0430. The van der Waals surface area contributed by atoms with Crippen molar-refractivity contribution in [1.82, 2.24) is 0 Å². The lowest BCUT2D eigenvalue weighted by molar-refractivity contribution is -0.142. The summed E-state index contributed by atoms with van der Waals surface area (Å²) in [7, 11) is 0. The van der Waals surface area contributed by atoms with E-state index in [4.69, 9.17) is 0 Å². The van der Waals surface area contributed by atoms with Crippen LogP contribution in [-0.2, 0) is 6.18 Å². The smallest absolute Gasteiger partial charge is 0.205 e. The Labute approximate surface area is 182 Å². The number of thiophene rings is 2. The molecule has 0 radical (unpaired) electrons. The Morgan fingerprint density at radius 1 is 0.455 bits per heavy atom. The van der Waals surface area contributed by atoms with Crippen molar-refractivity contribution in [2.45, 2.75) is 13.1 Å². The molecule has 2 heterocycles. The van der Waals surface area contributed by atoms with E-state index < -0.39 is 104 Å². The Morgan fingerprint density at radius 3 is 1.27 bits per heavy atom. The Kier molecular flexibility index (Phi) is 4.49. The summed E-state index contributed by atoms with van der Waals surface area (Å²) < 4.78 is 153. The summed E-state index contributed by atoms with van der Waals surface area (Å²) in [4.78, 5) is 0. The second-order valence-corrected chi connectivity index (χ2v) is 9.07. The predicted molar refractivity (Wildman–Crippen MR) is 102 cm³/mol. The number of rotatable bonds is 0. The fourth-order valence-corrected chi connectivity index (χ4v) is 6.17. The summed E-state index contributed by atoms with van der Waals surface area (Å²) in [5.74, 6) is -15.1. The molecule has 0 N–H and O–H groups in total. The van der Waals surface area contributed by atoms with Crippen LogP contribution in [0.2, 0.25) is 0 Å². The van der Waals surface area contributed by atoms with E-state index in [1.165, 1.54) is 0 Å². The molecule has 5 rings (SSSR count). The molecule has 0 fully saturated rings. The molecule has 3 aromatic carbocycles. The predicted octanol–water partition coefficient (Wildman–Crippen LogP) is 8.86. The number of hydrogen-bond donors (Lipinski definition) is 0. The molecule has 5 aromatic rings. The van der Waals surface area contributed by atoms with E-state index in [-0.39, 0.29) is 22.7 Å². The van der Waals surface area contributed by atoms with E-state index in [1.807, 2.05) is 0 Å². The largest absolute Gasteiger partial charge is 0.422 e. The quantitative estimate of drug-likeness (QED) is 0.143. The molecular weight excluding hydrogens is 513 g/mol. The highest BCUT2D eigenvalue weighted by atomic mass is 32.1. The van der Waals surface area contributed by atoms with E-state index in [1.54, 1.807) is 0 Å². The summed E-state index contributed by atoms with van der Waals surface area (Å²) in [6.07, 6.45) is -5.66. The molecule has 0 aliphatic carbocycles. The van der Waals surface area contributed by atoms with Crippen LogP contribution in [0.3, 0.4) is 0 Å². The number of alkyl halides is 3. The molecule has 33 heavy (non-hydrogen) atoms. The third kappa shape index (κ3) is 2.63. The maximum atomic E-state index is 15.4. The van der Waals surface area contributed by atoms with Gasteiger partial charge in [-0.1, -0.05) is 0 Å². The van der Waals surface area contributed by atoms with Crippen LogP contribution in [0.4, 0.5) is 48.3 Å². The van der Waals surface area contributed by atoms with E-state index in [0.717, 1.165) is 6.92 Å². The SMILES string of the molecule is Cc1c(F)c(F)c2c(sc3c(F)c4c(sc5c(F)c(C(F)(F)F)c(F)c(F)c54)c(F)c32)c1F. The molecule has 0 amide bonds. The van der Waals surface area contributed by atoms with Gasteiger partial charge in [0.2, 0.25) is 0 Å². The average Bonchev–Trinajstić information content (AvgIpc) is 3.33. The van der Waals surface area contributed by atoms with Gasteiger partial charge < -0.3 is 0 Å². The first-order valence-corrected chi connectivity index (χ1v) is 10.3. The van der Waals surface area contributed by atoms with Crippen molar-refractivity contribution < 1.29 is 48.3 Å². The Bertz CT molecular complexity index is 1690. The van der Waals surface area contributed by atoms with Crippen molar-refractivity contribution in [2.24, 2.45) is 0 Å². The van der Waals surface area contributed by atoms with Crippen molar-refractivity contribution in [3.8, 4) is 0 Å². The van der Waals surface area contributed by atoms with E-state index in [0.29, 0.717) is 0 Å². The highest BCUT2D eigenvalue weighted by Gasteiger charge is 2.42. The van der Waals surface area contributed by atoms with Crippen LogP contribution in [-0.4, -0.2) is 0 Å². The molecule has 2 aromatic heterocycles. The molecule has 0 saturated heterocycles. The van der Waals surface area contributed by atoms with Crippen LogP contribution in [0.1, 0.15) is 11.1 Å². The Hall–Kier alpha value is -2.67. The second kappa shape index (κ2) is 6.69. The third-order valence-corrected chi connectivity index (χ3v) is 7.61. The molecule has 0 aliphatic rings. The molecule has 0 bridgehead atoms. The maximum Gasteiger partial charge on any atom is 0.422 e. The van der Waals surface area contributed by atoms with Gasteiger partial charge in [-0.05, 0) is 6.92 Å². The van der Waals surface area contributed by atoms with E-state index >= 15 is 8.78 Å². The number of benzene rings is 3. The van der Waals surface area contributed by atoms with Gasteiger partial charge in [0.1, 0.15) is 11.4 Å². The standard InChI is InChI=1S/C20H3F11S2/c1-2-8(21)10(23)3-5-12(25)18-6(13(26)17(5)32-16(3)9(2)22)4-11(24)14(27)7(20(29,30)31)15(28)19(4)33-18/h1H3. The van der Waals surface area contributed by atoms with Gasteiger partial charge in [-0.2, -0.15) is 13.2 Å². The van der Waals surface area contributed by atoms with E-state index in [2.05, 4.69) is 0 Å². The molecule has 0 aliphatic heterocycles. The normalized spacial score (nSPS) is 12.8. The van der Waals surface area contributed by atoms with Crippen LogP contribution in [0.15, 0.2) is 0 Å². The molecule has 0 saturated carbocycles. The van der Waals surface area contributed by atoms with Crippen molar-refractivity contribution >= 4 is 63.0 Å². The van der Waals surface area contributed by atoms with Gasteiger partial charge in [-0.15, -0.1) is 22.7 Å².